The van der Waals surface area contributed by atoms with Crippen molar-refractivity contribution < 1.29 is 9.66 Å². The van der Waals surface area contributed by atoms with E-state index in [4.69, 9.17) is 4.74 Å². The van der Waals surface area contributed by atoms with Crippen LogP contribution in [0.5, 0.6) is 5.75 Å². The van der Waals surface area contributed by atoms with Gasteiger partial charge < -0.3 is 10.1 Å². The highest BCUT2D eigenvalue weighted by molar-refractivity contribution is 5.42. The molecule has 1 heterocycles. The highest BCUT2D eigenvalue weighted by atomic mass is 16.6. The molecular formula is C15H21N3O3. The molecule has 6 heteroatoms. The van der Waals surface area contributed by atoms with Crippen molar-refractivity contribution in [3.05, 3.63) is 33.9 Å². The van der Waals surface area contributed by atoms with Crippen LogP contribution >= 0.6 is 0 Å². The van der Waals surface area contributed by atoms with Gasteiger partial charge in [-0.2, -0.15) is 0 Å². The summed E-state index contributed by atoms with van der Waals surface area (Å²) in [6.45, 7) is 2.90. The Morgan fingerprint density at radius 3 is 2.86 bits per heavy atom. The lowest BCUT2D eigenvalue weighted by Gasteiger charge is -2.16. The highest BCUT2D eigenvalue weighted by Crippen LogP contribution is 2.30. The molecule has 0 spiro atoms. The predicted octanol–water partition coefficient (Wildman–Crippen LogP) is 1.93. The molecule has 1 aliphatic heterocycles. The Kier molecular flexibility index (Phi) is 4.07. The molecule has 0 aromatic heterocycles. The molecule has 1 aromatic rings. The smallest absolute Gasteiger partial charge is 0.273 e. The van der Waals surface area contributed by atoms with Crippen molar-refractivity contribution in [2.24, 2.45) is 0 Å². The van der Waals surface area contributed by atoms with Gasteiger partial charge in [0, 0.05) is 37.8 Å². The van der Waals surface area contributed by atoms with Crippen LogP contribution < -0.4 is 10.1 Å². The van der Waals surface area contributed by atoms with Crippen molar-refractivity contribution >= 4 is 5.69 Å². The number of methoxy groups -OCH3 is 1. The van der Waals surface area contributed by atoms with E-state index in [0.29, 0.717) is 18.3 Å². The Hall–Kier alpha value is -1.66. The fraction of sp³-hybridized carbons (Fsp3) is 0.600. The van der Waals surface area contributed by atoms with E-state index in [9.17, 15) is 10.1 Å². The summed E-state index contributed by atoms with van der Waals surface area (Å²) >= 11 is 0. The molecule has 2 fully saturated rings. The predicted molar refractivity (Wildman–Crippen MR) is 79.5 cm³/mol. The minimum absolute atomic E-state index is 0.0807. The molecule has 0 radical (unpaired) electrons. The number of nitrogens with zero attached hydrogens (tertiary/aromatic N) is 2. The van der Waals surface area contributed by atoms with Gasteiger partial charge in [0.05, 0.1) is 18.1 Å². The van der Waals surface area contributed by atoms with Gasteiger partial charge in [0.15, 0.2) is 0 Å². The van der Waals surface area contributed by atoms with E-state index in [1.165, 1.54) is 32.6 Å². The minimum Gasteiger partial charge on any atom is -0.496 e. The highest BCUT2D eigenvalue weighted by Gasteiger charge is 2.34. The molecule has 0 bridgehead atoms. The fourth-order valence-electron chi connectivity index (χ4n) is 2.96. The second-order valence-corrected chi connectivity index (χ2v) is 5.89. The van der Waals surface area contributed by atoms with Crippen LogP contribution in [-0.4, -0.2) is 42.1 Å². The van der Waals surface area contributed by atoms with Crippen LogP contribution in [0.25, 0.3) is 0 Å². The standard InChI is InChI=1S/C15H21N3O3/c1-21-15-7-11(6-14(8-15)18(19)20)9-16-12-4-5-17(10-12)13-2-3-13/h6-8,12-13,16H,2-5,9-10H2,1H3. The summed E-state index contributed by atoms with van der Waals surface area (Å²) in [5.74, 6) is 0.534. The lowest BCUT2D eigenvalue weighted by Crippen LogP contribution is -2.32. The number of hydrogen-bond acceptors (Lipinski definition) is 5. The Morgan fingerprint density at radius 2 is 2.19 bits per heavy atom. The first kappa shape index (κ1) is 14.3. The Balaban J connectivity index is 1.59. The molecule has 1 N–H and O–H groups in total. The summed E-state index contributed by atoms with van der Waals surface area (Å²) in [7, 11) is 1.53. The van der Waals surface area contributed by atoms with Gasteiger partial charge in [0.1, 0.15) is 5.75 Å². The second-order valence-electron chi connectivity index (χ2n) is 5.89. The zero-order valence-electron chi connectivity index (χ0n) is 12.2. The summed E-state index contributed by atoms with van der Waals surface area (Å²) in [6.07, 6.45) is 3.84. The molecule has 21 heavy (non-hydrogen) atoms. The Labute approximate surface area is 124 Å². The van der Waals surface area contributed by atoms with Crippen molar-refractivity contribution in [2.45, 2.75) is 37.9 Å². The third-order valence-electron chi connectivity index (χ3n) is 4.28. The van der Waals surface area contributed by atoms with Crippen LogP contribution in [0.4, 0.5) is 5.69 Å². The maximum atomic E-state index is 10.9. The molecule has 1 aliphatic carbocycles. The number of nitro groups is 1. The third-order valence-corrected chi connectivity index (χ3v) is 4.28. The number of rotatable bonds is 6. The molecule has 3 rings (SSSR count). The number of non-ortho nitro benzene ring substituents is 1. The second kappa shape index (κ2) is 5.99. The van der Waals surface area contributed by atoms with Gasteiger partial charge >= 0.3 is 0 Å². The van der Waals surface area contributed by atoms with Gasteiger partial charge in [-0.3, -0.25) is 15.0 Å². The van der Waals surface area contributed by atoms with E-state index in [2.05, 4.69) is 10.2 Å². The number of benzene rings is 1. The summed E-state index contributed by atoms with van der Waals surface area (Å²) in [5, 5.41) is 14.4. The summed E-state index contributed by atoms with van der Waals surface area (Å²) < 4.78 is 5.13. The molecule has 1 atom stereocenters. The Bertz CT molecular complexity index is 531. The molecule has 1 saturated carbocycles. The van der Waals surface area contributed by atoms with E-state index >= 15 is 0 Å². The number of nitro benzene ring substituents is 1. The van der Waals surface area contributed by atoms with Crippen LogP contribution in [0, 0.1) is 10.1 Å². The molecule has 1 saturated heterocycles. The lowest BCUT2D eigenvalue weighted by molar-refractivity contribution is -0.385. The van der Waals surface area contributed by atoms with Gasteiger partial charge in [0.2, 0.25) is 0 Å². The van der Waals surface area contributed by atoms with Gasteiger partial charge in [-0.25, -0.2) is 0 Å². The number of nitrogens with one attached hydrogen (secondary N) is 1. The number of hydrogen-bond donors (Lipinski definition) is 1. The van der Waals surface area contributed by atoms with Crippen molar-refractivity contribution in [2.75, 3.05) is 20.2 Å². The average molecular weight is 291 g/mol. The maximum Gasteiger partial charge on any atom is 0.273 e. The molecule has 114 valence electrons. The van der Waals surface area contributed by atoms with Crippen LogP contribution in [0.1, 0.15) is 24.8 Å². The van der Waals surface area contributed by atoms with Crippen molar-refractivity contribution in [3.63, 3.8) is 0 Å². The summed E-state index contributed by atoms with van der Waals surface area (Å²) in [6, 6.07) is 6.22. The first-order chi connectivity index (χ1) is 10.2. The SMILES string of the molecule is COc1cc(CNC2CCN(C3CC3)C2)cc([N+](=O)[O-])c1. The zero-order valence-corrected chi connectivity index (χ0v) is 12.2. The van der Waals surface area contributed by atoms with Crippen molar-refractivity contribution in [3.8, 4) is 5.75 Å². The van der Waals surface area contributed by atoms with Crippen molar-refractivity contribution in [1.82, 2.24) is 10.2 Å². The first-order valence-electron chi connectivity index (χ1n) is 7.45. The van der Waals surface area contributed by atoms with Gasteiger partial charge in [-0.05, 0) is 30.9 Å². The normalized spacial score (nSPS) is 22.4. The quantitative estimate of drug-likeness (QED) is 0.641. The van der Waals surface area contributed by atoms with E-state index in [0.717, 1.165) is 24.6 Å². The average Bonchev–Trinajstić information content (AvgIpc) is 3.23. The van der Waals surface area contributed by atoms with Crippen molar-refractivity contribution in [1.29, 1.82) is 0 Å². The molecule has 0 amide bonds. The molecular weight excluding hydrogens is 270 g/mol. The van der Waals surface area contributed by atoms with Crippen LogP contribution in [0.3, 0.4) is 0 Å². The van der Waals surface area contributed by atoms with Gasteiger partial charge in [-0.15, -0.1) is 0 Å². The third kappa shape index (κ3) is 3.51. The number of likely N-dealkylation sites (tertiary alicyclic amines) is 1. The molecule has 1 unspecified atom stereocenters. The molecule has 2 aliphatic rings. The largest absolute Gasteiger partial charge is 0.496 e. The van der Waals surface area contributed by atoms with E-state index in [1.54, 1.807) is 6.07 Å². The number of ether oxygens (including phenoxy) is 1. The fourth-order valence-corrected chi connectivity index (χ4v) is 2.96. The molecule has 1 aromatic carbocycles. The first-order valence-corrected chi connectivity index (χ1v) is 7.45. The molecule has 6 nitrogen and oxygen atoms in total. The van der Waals surface area contributed by atoms with Gasteiger partial charge in [-0.1, -0.05) is 0 Å². The summed E-state index contributed by atoms with van der Waals surface area (Å²) in [4.78, 5) is 13.1. The van der Waals surface area contributed by atoms with Crippen LogP contribution in [-0.2, 0) is 6.54 Å². The van der Waals surface area contributed by atoms with E-state index in [1.807, 2.05) is 6.07 Å². The minimum atomic E-state index is -0.379. The van der Waals surface area contributed by atoms with Crippen LogP contribution in [0.15, 0.2) is 18.2 Å². The summed E-state index contributed by atoms with van der Waals surface area (Å²) in [5.41, 5.74) is 0.975. The lowest BCUT2D eigenvalue weighted by atomic mass is 10.1. The monoisotopic (exact) mass is 291 g/mol. The van der Waals surface area contributed by atoms with E-state index in [-0.39, 0.29) is 10.6 Å². The maximum absolute atomic E-state index is 10.9. The van der Waals surface area contributed by atoms with Crippen LogP contribution in [0.2, 0.25) is 0 Å². The Morgan fingerprint density at radius 1 is 1.38 bits per heavy atom. The van der Waals surface area contributed by atoms with Gasteiger partial charge in [0.25, 0.3) is 5.69 Å². The van der Waals surface area contributed by atoms with E-state index < -0.39 is 0 Å². The topological polar surface area (TPSA) is 67.6 Å². The zero-order chi connectivity index (χ0) is 14.8.